The molecule has 0 unspecified atom stereocenters. The van der Waals surface area contributed by atoms with E-state index in [1.165, 1.54) is 26.9 Å². The Morgan fingerprint density at radius 1 is 1.17 bits per heavy atom. The SMILES string of the molecule is Cc1ccc2nc(CNc3ccc(F)c(S(=O)(=O)N4CCOCC4)c3)cc(=O)n2c1. The Bertz CT molecular complexity index is 1250. The van der Waals surface area contributed by atoms with Crippen LogP contribution in [0.25, 0.3) is 5.65 Å². The number of aryl methyl sites for hydroxylation is 1. The van der Waals surface area contributed by atoms with Crippen molar-refractivity contribution in [2.24, 2.45) is 0 Å². The lowest BCUT2D eigenvalue weighted by atomic mass is 10.3. The van der Waals surface area contributed by atoms with Crippen LogP contribution in [0.1, 0.15) is 11.3 Å². The van der Waals surface area contributed by atoms with Crippen molar-refractivity contribution in [1.82, 2.24) is 13.7 Å². The number of nitrogens with one attached hydrogen (secondary N) is 1. The minimum absolute atomic E-state index is 0.183. The van der Waals surface area contributed by atoms with Gasteiger partial charge in [0, 0.05) is 31.0 Å². The van der Waals surface area contributed by atoms with Gasteiger partial charge >= 0.3 is 0 Å². The van der Waals surface area contributed by atoms with Crippen LogP contribution in [0.15, 0.2) is 52.3 Å². The second-order valence-electron chi connectivity index (χ2n) is 7.04. The molecule has 0 spiro atoms. The molecular weight excluding hydrogens is 411 g/mol. The minimum Gasteiger partial charge on any atom is -0.379 e. The quantitative estimate of drug-likeness (QED) is 0.661. The lowest BCUT2D eigenvalue weighted by molar-refractivity contribution is 0.0729. The molecule has 3 aromatic rings. The second kappa shape index (κ2) is 8.13. The van der Waals surface area contributed by atoms with Crippen molar-refractivity contribution < 1.29 is 17.5 Å². The highest BCUT2D eigenvalue weighted by molar-refractivity contribution is 7.89. The Morgan fingerprint density at radius 2 is 1.93 bits per heavy atom. The predicted octanol–water partition coefficient (Wildman–Crippen LogP) is 1.78. The number of ether oxygens (including phenoxy) is 1. The van der Waals surface area contributed by atoms with Crippen molar-refractivity contribution >= 4 is 21.4 Å². The zero-order chi connectivity index (χ0) is 21.3. The Balaban J connectivity index is 1.57. The summed E-state index contributed by atoms with van der Waals surface area (Å²) in [5.41, 5.74) is 2.15. The molecule has 0 aliphatic carbocycles. The Hall–Kier alpha value is -2.82. The van der Waals surface area contributed by atoms with Gasteiger partial charge in [0.2, 0.25) is 10.0 Å². The minimum atomic E-state index is -3.97. The van der Waals surface area contributed by atoms with Crippen molar-refractivity contribution in [2.45, 2.75) is 18.4 Å². The van der Waals surface area contributed by atoms with Gasteiger partial charge in [0.05, 0.1) is 25.5 Å². The van der Waals surface area contributed by atoms with Crippen molar-refractivity contribution in [3.05, 3.63) is 70.0 Å². The summed E-state index contributed by atoms with van der Waals surface area (Å²) in [7, 11) is -3.97. The number of nitrogens with zero attached hydrogens (tertiary/aromatic N) is 3. The fourth-order valence-electron chi connectivity index (χ4n) is 3.28. The lowest BCUT2D eigenvalue weighted by Gasteiger charge is -2.26. The van der Waals surface area contributed by atoms with E-state index in [1.807, 2.05) is 13.0 Å². The zero-order valence-corrected chi connectivity index (χ0v) is 17.2. The highest BCUT2D eigenvalue weighted by Gasteiger charge is 2.29. The molecule has 1 aliphatic heterocycles. The van der Waals surface area contributed by atoms with E-state index < -0.39 is 20.7 Å². The molecule has 0 bridgehead atoms. The van der Waals surface area contributed by atoms with Gasteiger partial charge in [0.25, 0.3) is 5.56 Å². The summed E-state index contributed by atoms with van der Waals surface area (Å²) in [6, 6.07) is 8.85. The summed E-state index contributed by atoms with van der Waals surface area (Å²) in [6.45, 7) is 3.00. The monoisotopic (exact) mass is 432 g/mol. The molecule has 158 valence electrons. The molecular formula is C20H21FN4O4S. The molecule has 1 aromatic carbocycles. The molecule has 0 atom stereocenters. The fraction of sp³-hybridized carbons (Fsp3) is 0.300. The first-order chi connectivity index (χ1) is 14.3. The molecule has 0 amide bonds. The number of rotatable bonds is 5. The number of morpholine rings is 1. The average Bonchev–Trinajstić information content (AvgIpc) is 2.74. The van der Waals surface area contributed by atoms with Gasteiger partial charge in [-0.15, -0.1) is 0 Å². The third-order valence-electron chi connectivity index (χ3n) is 4.85. The van der Waals surface area contributed by atoms with Gasteiger partial charge in [0.1, 0.15) is 16.4 Å². The molecule has 10 heteroatoms. The number of pyridine rings is 1. The first kappa shape index (κ1) is 20.5. The Kier molecular flexibility index (Phi) is 5.54. The molecule has 4 rings (SSSR count). The first-order valence-corrected chi connectivity index (χ1v) is 10.9. The number of sulfonamides is 1. The van der Waals surface area contributed by atoms with E-state index in [4.69, 9.17) is 4.74 Å². The summed E-state index contributed by atoms with van der Waals surface area (Å²) >= 11 is 0. The topological polar surface area (TPSA) is 93.0 Å². The number of aromatic nitrogens is 2. The third kappa shape index (κ3) is 4.07. The molecule has 1 aliphatic rings. The largest absolute Gasteiger partial charge is 0.379 e. The second-order valence-corrected chi connectivity index (χ2v) is 8.94. The summed E-state index contributed by atoms with van der Waals surface area (Å²) in [5, 5.41) is 3.02. The van der Waals surface area contributed by atoms with Crippen LogP contribution in [-0.2, 0) is 21.3 Å². The lowest BCUT2D eigenvalue weighted by Crippen LogP contribution is -2.40. The van der Waals surface area contributed by atoms with Gasteiger partial charge in [0.15, 0.2) is 0 Å². The zero-order valence-electron chi connectivity index (χ0n) is 16.3. The molecule has 8 nitrogen and oxygen atoms in total. The molecule has 0 radical (unpaired) electrons. The Morgan fingerprint density at radius 3 is 2.70 bits per heavy atom. The van der Waals surface area contributed by atoms with Crippen molar-refractivity contribution in [2.75, 3.05) is 31.6 Å². The predicted molar refractivity (Wildman–Crippen MR) is 110 cm³/mol. The fourth-order valence-corrected chi connectivity index (χ4v) is 4.78. The normalized spacial score (nSPS) is 15.4. The molecule has 30 heavy (non-hydrogen) atoms. The molecule has 1 N–H and O–H groups in total. The molecule has 3 heterocycles. The van der Waals surface area contributed by atoms with Crippen molar-refractivity contribution in [1.29, 1.82) is 0 Å². The number of benzene rings is 1. The van der Waals surface area contributed by atoms with Gasteiger partial charge in [-0.25, -0.2) is 17.8 Å². The smallest absolute Gasteiger partial charge is 0.258 e. The van der Waals surface area contributed by atoms with Crippen LogP contribution in [0.5, 0.6) is 0 Å². The van der Waals surface area contributed by atoms with Crippen LogP contribution in [0, 0.1) is 12.7 Å². The first-order valence-electron chi connectivity index (χ1n) is 9.45. The summed E-state index contributed by atoms with van der Waals surface area (Å²) in [5.74, 6) is -0.815. The van der Waals surface area contributed by atoms with E-state index in [0.29, 0.717) is 17.0 Å². The van der Waals surface area contributed by atoms with Gasteiger partial charge in [-0.2, -0.15) is 4.31 Å². The van der Waals surface area contributed by atoms with E-state index in [0.717, 1.165) is 11.6 Å². The number of hydrogen-bond acceptors (Lipinski definition) is 6. The van der Waals surface area contributed by atoms with Gasteiger partial charge in [-0.05, 0) is 36.8 Å². The van der Waals surface area contributed by atoms with Crippen LogP contribution in [0.3, 0.4) is 0 Å². The highest BCUT2D eigenvalue weighted by Crippen LogP contribution is 2.24. The van der Waals surface area contributed by atoms with E-state index in [-0.39, 0.29) is 38.4 Å². The van der Waals surface area contributed by atoms with E-state index >= 15 is 0 Å². The van der Waals surface area contributed by atoms with Crippen LogP contribution >= 0.6 is 0 Å². The van der Waals surface area contributed by atoms with Gasteiger partial charge in [-0.3, -0.25) is 9.20 Å². The van der Waals surface area contributed by atoms with Crippen molar-refractivity contribution in [3.63, 3.8) is 0 Å². The Labute approximate surface area is 173 Å². The van der Waals surface area contributed by atoms with E-state index in [2.05, 4.69) is 10.3 Å². The van der Waals surface area contributed by atoms with E-state index in [9.17, 15) is 17.6 Å². The van der Waals surface area contributed by atoms with Crippen LogP contribution in [-0.4, -0.2) is 48.4 Å². The third-order valence-corrected chi connectivity index (χ3v) is 6.77. The number of anilines is 1. The van der Waals surface area contributed by atoms with Crippen LogP contribution < -0.4 is 10.9 Å². The van der Waals surface area contributed by atoms with Crippen molar-refractivity contribution in [3.8, 4) is 0 Å². The molecule has 2 aromatic heterocycles. The maximum Gasteiger partial charge on any atom is 0.258 e. The standard InChI is InChI=1S/C20H21FN4O4S/c1-14-2-5-19-23-16(11-20(26)25(19)13-14)12-22-15-3-4-17(21)18(10-15)30(27,28)24-6-8-29-9-7-24/h2-5,10-11,13,22H,6-9,12H2,1H3. The summed E-state index contributed by atoms with van der Waals surface area (Å²) in [4.78, 5) is 16.4. The molecule has 1 saturated heterocycles. The summed E-state index contributed by atoms with van der Waals surface area (Å²) < 4.78 is 47.8. The maximum atomic E-state index is 14.3. The number of halogens is 1. The van der Waals surface area contributed by atoms with Gasteiger partial charge in [-0.1, -0.05) is 6.07 Å². The average molecular weight is 432 g/mol. The molecule has 1 fully saturated rings. The van der Waals surface area contributed by atoms with Crippen LogP contribution in [0.4, 0.5) is 10.1 Å². The van der Waals surface area contributed by atoms with Crippen LogP contribution in [0.2, 0.25) is 0 Å². The molecule has 0 saturated carbocycles. The number of fused-ring (bicyclic) bond motifs is 1. The van der Waals surface area contributed by atoms with Gasteiger partial charge < -0.3 is 10.1 Å². The highest BCUT2D eigenvalue weighted by atomic mass is 32.2. The van der Waals surface area contributed by atoms with E-state index in [1.54, 1.807) is 12.3 Å². The maximum absolute atomic E-state index is 14.3. The summed E-state index contributed by atoms with van der Waals surface area (Å²) in [6.07, 6.45) is 1.71. The number of hydrogen-bond donors (Lipinski definition) is 1.